The molecule has 1 amide bonds. The maximum atomic E-state index is 12.5. The molecule has 0 aromatic heterocycles. The Hall–Kier alpha value is -2.64. The number of nitrogens with one attached hydrogen (secondary N) is 2. The summed E-state index contributed by atoms with van der Waals surface area (Å²) in [6.45, 7) is 2.24. The molecule has 1 aliphatic carbocycles. The molecule has 4 nitrogen and oxygen atoms in total. The highest BCUT2D eigenvalue weighted by Crippen LogP contribution is 2.29. The minimum atomic E-state index is -0.676. The van der Waals surface area contributed by atoms with Crippen LogP contribution < -0.4 is 10.6 Å². The van der Waals surface area contributed by atoms with E-state index >= 15 is 0 Å². The predicted molar refractivity (Wildman–Crippen MR) is 102 cm³/mol. The van der Waals surface area contributed by atoms with Gasteiger partial charge in [-0.1, -0.05) is 60.2 Å². The van der Waals surface area contributed by atoms with Crippen molar-refractivity contribution in [2.24, 2.45) is 0 Å². The molecule has 1 aliphatic rings. The average Bonchev–Trinajstić information content (AvgIpc) is 3.13. The summed E-state index contributed by atoms with van der Waals surface area (Å²) in [5.41, 5.74) is 2.76. The molecule has 0 bridgehead atoms. The van der Waals surface area contributed by atoms with Crippen LogP contribution in [0.2, 0.25) is 0 Å². The summed E-state index contributed by atoms with van der Waals surface area (Å²) in [5.74, 6) is -0.124. The Morgan fingerprint density at radius 2 is 1.69 bits per heavy atom. The quantitative estimate of drug-likeness (QED) is 0.839. The van der Waals surface area contributed by atoms with Crippen LogP contribution in [0.25, 0.3) is 0 Å². The van der Waals surface area contributed by atoms with Crippen molar-refractivity contribution in [2.75, 3.05) is 6.54 Å². The molecule has 4 heteroatoms. The molecule has 0 aliphatic heterocycles. The normalized spacial score (nSPS) is 16.6. The number of carbonyl (C=O) groups excluding carboxylic acids is 1. The second kappa shape index (κ2) is 8.16. The van der Waals surface area contributed by atoms with Crippen LogP contribution in [0.3, 0.4) is 0 Å². The molecule has 0 saturated heterocycles. The molecule has 1 saturated carbocycles. The first-order valence-corrected chi connectivity index (χ1v) is 9.19. The Morgan fingerprint density at radius 3 is 2.31 bits per heavy atom. The molecule has 0 spiro atoms. The van der Waals surface area contributed by atoms with Gasteiger partial charge < -0.3 is 5.32 Å². The van der Waals surface area contributed by atoms with Crippen molar-refractivity contribution in [1.29, 1.82) is 5.26 Å². The fraction of sp³-hybridized carbons (Fsp3) is 0.364. The fourth-order valence-corrected chi connectivity index (χ4v) is 3.58. The number of carbonyl (C=O) groups is 1. The van der Waals surface area contributed by atoms with Crippen molar-refractivity contribution in [3.8, 4) is 6.07 Å². The molecule has 2 aromatic carbocycles. The van der Waals surface area contributed by atoms with Gasteiger partial charge in [-0.2, -0.15) is 5.26 Å². The van der Waals surface area contributed by atoms with Gasteiger partial charge in [-0.25, -0.2) is 0 Å². The van der Waals surface area contributed by atoms with Crippen molar-refractivity contribution in [3.05, 3.63) is 71.3 Å². The Morgan fingerprint density at radius 1 is 1.08 bits per heavy atom. The average molecular weight is 347 g/mol. The lowest BCUT2D eigenvalue weighted by Gasteiger charge is -2.24. The number of rotatable bonds is 6. The van der Waals surface area contributed by atoms with E-state index in [1.165, 1.54) is 5.56 Å². The monoisotopic (exact) mass is 347 g/mol. The smallest absolute Gasteiger partial charge is 0.235 e. The second-order valence-electron chi connectivity index (χ2n) is 7.08. The van der Waals surface area contributed by atoms with Crippen molar-refractivity contribution in [3.63, 3.8) is 0 Å². The number of amides is 1. The lowest BCUT2D eigenvalue weighted by Crippen LogP contribution is -2.48. The predicted octanol–water partition coefficient (Wildman–Crippen LogP) is 3.63. The zero-order chi connectivity index (χ0) is 18.4. The van der Waals surface area contributed by atoms with Crippen LogP contribution >= 0.6 is 0 Å². The molecule has 1 fully saturated rings. The summed E-state index contributed by atoms with van der Waals surface area (Å²) < 4.78 is 0. The standard InChI is InChI=1S/C22H25N3O/c1-17-9-11-19(12-10-17)21(18-7-3-2-4-8-18)24-15-20(26)25-22(16-23)13-5-6-14-22/h2-4,7-12,21,24H,5-6,13-15H2,1H3,(H,25,26)/t21-/m0/s1. The van der Waals surface area contributed by atoms with Crippen LogP contribution in [0.1, 0.15) is 48.4 Å². The maximum absolute atomic E-state index is 12.5. The molecular weight excluding hydrogens is 322 g/mol. The van der Waals surface area contributed by atoms with Gasteiger partial charge in [-0.3, -0.25) is 10.1 Å². The van der Waals surface area contributed by atoms with E-state index in [-0.39, 0.29) is 18.5 Å². The molecule has 0 heterocycles. The van der Waals surface area contributed by atoms with Crippen LogP contribution in [0.4, 0.5) is 0 Å². The molecule has 1 atom stereocenters. The number of hydrogen-bond acceptors (Lipinski definition) is 3. The van der Waals surface area contributed by atoms with Crippen LogP contribution in [-0.2, 0) is 4.79 Å². The van der Waals surface area contributed by atoms with Crippen LogP contribution in [0, 0.1) is 18.3 Å². The van der Waals surface area contributed by atoms with Gasteiger partial charge >= 0.3 is 0 Å². The van der Waals surface area contributed by atoms with Crippen molar-refractivity contribution >= 4 is 5.91 Å². The first kappa shape index (κ1) is 18.2. The first-order chi connectivity index (χ1) is 12.6. The molecule has 26 heavy (non-hydrogen) atoms. The highest BCUT2D eigenvalue weighted by Gasteiger charge is 2.35. The number of aryl methyl sites for hydroxylation is 1. The molecule has 0 radical (unpaired) electrons. The van der Waals surface area contributed by atoms with E-state index in [9.17, 15) is 10.1 Å². The van der Waals surface area contributed by atoms with Gasteiger partial charge in [-0.05, 0) is 43.7 Å². The van der Waals surface area contributed by atoms with Crippen molar-refractivity contribution < 1.29 is 4.79 Å². The molecule has 3 rings (SSSR count). The molecule has 134 valence electrons. The zero-order valence-corrected chi connectivity index (χ0v) is 15.2. The first-order valence-electron chi connectivity index (χ1n) is 9.19. The molecule has 2 N–H and O–H groups in total. The van der Waals surface area contributed by atoms with E-state index in [1.54, 1.807) is 0 Å². The molecule has 2 aromatic rings. The Kier molecular flexibility index (Phi) is 5.70. The maximum Gasteiger partial charge on any atom is 0.235 e. The van der Waals surface area contributed by atoms with Crippen molar-refractivity contribution in [1.82, 2.24) is 10.6 Å². The van der Waals surface area contributed by atoms with Gasteiger partial charge in [0.2, 0.25) is 5.91 Å². The number of benzene rings is 2. The lowest BCUT2D eigenvalue weighted by atomic mass is 9.97. The summed E-state index contributed by atoms with van der Waals surface area (Å²) in [4.78, 5) is 12.5. The molecule has 0 unspecified atom stereocenters. The van der Waals surface area contributed by atoms with Crippen LogP contribution in [0.5, 0.6) is 0 Å². The number of nitrogens with zero attached hydrogens (tertiary/aromatic N) is 1. The second-order valence-corrected chi connectivity index (χ2v) is 7.08. The van der Waals surface area contributed by atoms with E-state index < -0.39 is 5.54 Å². The summed E-state index contributed by atoms with van der Waals surface area (Å²) in [6.07, 6.45) is 3.49. The topological polar surface area (TPSA) is 64.9 Å². The number of hydrogen-bond donors (Lipinski definition) is 2. The van der Waals surface area contributed by atoms with E-state index in [0.29, 0.717) is 0 Å². The van der Waals surface area contributed by atoms with E-state index in [0.717, 1.165) is 36.8 Å². The fourth-order valence-electron chi connectivity index (χ4n) is 3.58. The summed E-state index contributed by atoms with van der Waals surface area (Å²) >= 11 is 0. The van der Waals surface area contributed by atoms with Gasteiger partial charge in [0, 0.05) is 0 Å². The third kappa shape index (κ3) is 4.30. The summed E-state index contributed by atoms with van der Waals surface area (Å²) in [5, 5.41) is 15.8. The SMILES string of the molecule is Cc1ccc([C@@H](NCC(=O)NC2(C#N)CCCC2)c2ccccc2)cc1. The molecular formula is C22H25N3O. The lowest BCUT2D eigenvalue weighted by molar-refractivity contribution is -0.121. The summed E-state index contributed by atoms with van der Waals surface area (Å²) in [6, 6.07) is 20.7. The van der Waals surface area contributed by atoms with Gasteiger partial charge in [0.25, 0.3) is 0 Å². The minimum absolute atomic E-state index is 0.0656. The third-order valence-corrected chi connectivity index (χ3v) is 5.06. The Bertz CT molecular complexity index is 771. The largest absolute Gasteiger partial charge is 0.337 e. The van der Waals surface area contributed by atoms with Crippen molar-refractivity contribution in [2.45, 2.75) is 44.2 Å². The van der Waals surface area contributed by atoms with Gasteiger partial charge in [-0.15, -0.1) is 0 Å². The third-order valence-electron chi connectivity index (χ3n) is 5.06. The van der Waals surface area contributed by atoms with Gasteiger partial charge in [0.1, 0.15) is 5.54 Å². The minimum Gasteiger partial charge on any atom is -0.337 e. The van der Waals surface area contributed by atoms with Crippen LogP contribution in [0.15, 0.2) is 54.6 Å². The highest BCUT2D eigenvalue weighted by atomic mass is 16.2. The zero-order valence-electron chi connectivity index (χ0n) is 15.2. The van der Waals surface area contributed by atoms with Gasteiger partial charge in [0.15, 0.2) is 0 Å². The van der Waals surface area contributed by atoms with Crippen LogP contribution in [-0.4, -0.2) is 18.0 Å². The van der Waals surface area contributed by atoms with Gasteiger partial charge in [0.05, 0.1) is 18.7 Å². The van der Waals surface area contributed by atoms with E-state index in [2.05, 4.69) is 60.0 Å². The highest BCUT2D eigenvalue weighted by molar-refractivity contribution is 5.79. The van der Waals surface area contributed by atoms with E-state index in [4.69, 9.17) is 0 Å². The summed E-state index contributed by atoms with van der Waals surface area (Å²) in [7, 11) is 0. The Balaban J connectivity index is 1.71. The van der Waals surface area contributed by atoms with E-state index in [1.807, 2.05) is 18.2 Å². The number of nitriles is 1. The Labute approximate surface area is 155 Å².